The van der Waals surface area contributed by atoms with Crippen molar-refractivity contribution in [3.63, 3.8) is 0 Å². The van der Waals surface area contributed by atoms with Crippen molar-refractivity contribution < 1.29 is 14.3 Å². The van der Waals surface area contributed by atoms with E-state index in [0.717, 1.165) is 0 Å². The van der Waals surface area contributed by atoms with Gasteiger partial charge in [0.1, 0.15) is 12.2 Å². The van der Waals surface area contributed by atoms with Gasteiger partial charge in [0.25, 0.3) is 0 Å². The molecule has 4 nitrogen and oxygen atoms in total. The van der Waals surface area contributed by atoms with E-state index in [9.17, 15) is 9.59 Å². The molecule has 11 heavy (non-hydrogen) atoms. The van der Waals surface area contributed by atoms with Gasteiger partial charge in [0.05, 0.1) is 13.2 Å². The van der Waals surface area contributed by atoms with Crippen molar-refractivity contribution in [2.24, 2.45) is 0 Å². The average molecular weight is 155 g/mol. The van der Waals surface area contributed by atoms with Crippen LogP contribution in [0.4, 0.5) is 0 Å². The molecule has 0 aromatic carbocycles. The molecule has 0 aliphatic carbocycles. The van der Waals surface area contributed by atoms with Gasteiger partial charge in [0.15, 0.2) is 0 Å². The maximum atomic E-state index is 10.7. The van der Waals surface area contributed by atoms with Crippen LogP contribution in [0.3, 0.4) is 0 Å². The van der Waals surface area contributed by atoms with E-state index in [2.05, 4.69) is 4.74 Å². The summed E-state index contributed by atoms with van der Waals surface area (Å²) in [5.41, 5.74) is 0. The molecule has 60 valence electrons. The monoisotopic (exact) mass is 155 g/mol. The van der Waals surface area contributed by atoms with Gasteiger partial charge in [0, 0.05) is 12.8 Å². The molecule has 0 spiro atoms. The molecule has 0 fully saturated rings. The van der Waals surface area contributed by atoms with E-state index in [1.54, 1.807) is 0 Å². The van der Waals surface area contributed by atoms with Gasteiger partial charge in [-0.3, -0.25) is 9.59 Å². The summed E-state index contributed by atoms with van der Waals surface area (Å²) in [5, 5.41) is 8.09. The van der Waals surface area contributed by atoms with Crippen molar-refractivity contribution in [2.75, 3.05) is 7.11 Å². The lowest BCUT2D eigenvalue weighted by Crippen LogP contribution is -2.08. The van der Waals surface area contributed by atoms with Gasteiger partial charge in [-0.05, 0) is 0 Å². The summed E-state index contributed by atoms with van der Waals surface area (Å²) in [7, 11) is 1.22. The molecule has 0 heterocycles. The number of methoxy groups -OCH3 is 1. The summed E-state index contributed by atoms with van der Waals surface area (Å²) in [6, 6.07) is 1.82. The lowest BCUT2D eigenvalue weighted by molar-refractivity contribution is -0.143. The fourth-order valence-corrected chi connectivity index (χ4v) is 0.517. The molecule has 0 unspecified atom stereocenters. The Morgan fingerprint density at radius 3 is 2.64 bits per heavy atom. The Balaban J connectivity index is 3.54. The van der Waals surface area contributed by atoms with Gasteiger partial charge in [0.2, 0.25) is 0 Å². The number of carbonyl (C=O) groups is 2. The van der Waals surface area contributed by atoms with Crippen molar-refractivity contribution in [2.45, 2.75) is 19.3 Å². The second-order valence-electron chi connectivity index (χ2n) is 1.95. The normalized spacial score (nSPS) is 8.36. The zero-order chi connectivity index (χ0) is 8.69. The molecule has 0 N–H and O–H groups in total. The zero-order valence-electron chi connectivity index (χ0n) is 6.29. The largest absolute Gasteiger partial charge is 0.469 e. The van der Waals surface area contributed by atoms with Crippen LogP contribution in [0, 0.1) is 11.3 Å². The van der Waals surface area contributed by atoms with Crippen molar-refractivity contribution in [1.82, 2.24) is 0 Å². The van der Waals surface area contributed by atoms with E-state index >= 15 is 0 Å². The number of nitrogens with zero attached hydrogens (tertiary/aromatic N) is 1. The first kappa shape index (κ1) is 9.63. The predicted octanol–water partition coefficient (Wildman–Crippen LogP) is 0.422. The number of rotatable bonds is 4. The van der Waals surface area contributed by atoms with E-state index in [-0.39, 0.29) is 25.0 Å². The van der Waals surface area contributed by atoms with Crippen molar-refractivity contribution in [1.29, 1.82) is 5.26 Å². The molecular weight excluding hydrogens is 146 g/mol. The standard InChI is InChI=1S/C7H9NO3/c1-11-7(10)5-6(9)3-2-4-8/h2-3,5H2,1H3. The van der Waals surface area contributed by atoms with Gasteiger partial charge in [-0.1, -0.05) is 0 Å². The molecule has 0 aromatic heterocycles. The third kappa shape index (κ3) is 5.09. The van der Waals surface area contributed by atoms with E-state index in [0.29, 0.717) is 0 Å². The maximum Gasteiger partial charge on any atom is 0.313 e. The summed E-state index contributed by atoms with van der Waals surface area (Å²) in [5.74, 6) is -0.800. The van der Waals surface area contributed by atoms with Crippen LogP contribution in [0.5, 0.6) is 0 Å². The third-order valence-corrected chi connectivity index (χ3v) is 1.08. The Morgan fingerprint density at radius 2 is 2.18 bits per heavy atom. The zero-order valence-corrected chi connectivity index (χ0v) is 6.29. The number of hydrogen-bond donors (Lipinski definition) is 0. The molecule has 0 saturated carbocycles. The van der Waals surface area contributed by atoms with Crippen LogP contribution < -0.4 is 0 Å². The molecule has 0 amide bonds. The van der Waals surface area contributed by atoms with Crippen LogP contribution in [0.25, 0.3) is 0 Å². The number of ketones is 1. The molecule has 0 aliphatic heterocycles. The van der Waals surface area contributed by atoms with Crippen LogP contribution in [0.1, 0.15) is 19.3 Å². The third-order valence-electron chi connectivity index (χ3n) is 1.08. The fourth-order valence-electron chi connectivity index (χ4n) is 0.517. The van der Waals surface area contributed by atoms with Crippen molar-refractivity contribution in [3.8, 4) is 6.07 Å². The van der Waals surface area contributed by atoms with E-state index in [1.807, 2.05) is 6.07 Å². The lowest BCUT2D eigenvalue weighted by Gasteiger charge is -1.95. The number of Topliss-reactive ketones (excluding diaryl/α,β-unsaturated/α-hetero) is 1. The fraction of sp³-hybridized carbons (Fsp3) is 0.571. The highest BCUT2D eigenvalue weighted by atomic mass is 16.5. The van der Waals surface area contributed by atoms with E-state index < -0.39 is 5.97 Å². The minimum Gasteiger partial charge on any atom is -0.469 e. The molecule has 0 saturated heterocycles. The van der Waals surface area contributed by atoms with Crippen LogP contribution in [0.2, 0.25) is 0 Å². The SMILES string of the molecule is COC(=O)CC(=O)CCC#N. The van der Waals surface area contributed by atoms with Crippen LogP contribution in [0.15, 0.2) is 0 Å². The summed E-state index contributed by atoms with van der Waals surface area (Å²) in [6.45, 7) is 0. The van der Waals surface area contributed by atoms with Crippen LogP contribution >= 0.6 is 0 Å². The molecular formula is C7H9NO3. The van der Waals surface area contributed by atoms with Gasteiger partial charge in [-0.15, -0.1) is 0 Å². The molecule has 0 bridgehead atoms. The maximum absolute atomic E-state index is 10.7. The van der Waals surface area contributed by atoms with Gasteiger partial charge >= 0.3 is 5.97 Å². The molecule has 0 rings (SSSR count). The molecule has 4 heteroatoms. The number of hydrogen-bond acceptors (Lipinski definition) is 4. The second-order valence-corrected chi connectivity index (χ2v) is 1.95. The van der Waals surface area contributed by atoms with Gasteiger partial charge in [-0.2, -0.15) is 5.26 Å². The summed E-state index contributed by atoms with van der Waals surface area (Å²) in [4.78, 5) is 21.2. The van der Waals surface area contributed by atoms with E-state index in [4.69, 9.17) is 5.26 Å². The second kappa shape index (κ2) is 5.42. The molecule has 0 aliphatic rings. The van der Waals surface area contributed by atoms with Crippen molar-refractivity contribution >= 4 is 11.8 Å². The van der Waals surface area contributed by atoms with Crippen molar-refractivity contribution in [3.05, 3.63) is 0 Å². The summed E-state index contributed by atoms with van der Waals surface area (Å²) in [6.07, 6.45) is 0.0691. The quantitative estimate of drug-likeness (QED) is 0.436. The molecule has 0 radical (unpaired) electrons. The topological polar surface area (TPSA) is 67.2 Å². The average Bonchev–Trinajstić information content (AvgIpc) is 2.00. The first-order valence-corrected chi connectivity index (χ1v) is 3.16. The van der Waals surface area contributed by atoms with Crippen LogP contribution in [-0.2, 0) is 14.3 Å². The first-order valence-electron chi connectivity index (χ1n) is 3.16. The number of carbonyl (C=O) groups excluding carboxylic acids is 2. The minimum atomic E-state index is -0.548. The number of ether oxygens (including phenoxy) is 1. The summed E-state index contributed by atoms with van der Waals surface area (Å²) >= 11 is 0. The highest BCUT2D eigenvalue weighted by Crippen LogP contribution is 1.94. The molecule has 0 atom stereocenters. The lowest BCUT2D eigenvalue weighted by atomic mass is 10.2. The van der Waals surface area contributed by atoms with Gasteiger partial charge < -0.3 is 4.74 Å². The Kier molecular flexibility index (Phi) is 4.74. The first-order chi connectivity index (χ1) is 5.20. The predicted molar refractivity (Wildman–Crippen MR) is 36.5 cm³/mol. The van der Waals surface area contributed by atoms with E-state index in [1.165, 1.54) is 7.11 Å². The minimum absolute atomic E-state index is 0.131. The smallest absolute Gasteiger partial charge is 0.313 e. The number of esters is 1. The Labute approximate surface area is 64.8 Å². The highest BCUT2D eigenvalue weighted by Gasteiger charge is 2.07. The number of nitriles is 1. The molecule has 0 aromatic rings. The Morgan fingerprint density at radius 1 is 1.55 bits per heavy atom. The Bertz CT molecular complexity index is 192. The van der Waals surface area contributed by atoms with Gasteiger partial charge in [-0.25, -0.2) is 0 Å². The van der Waals surface area contributed by atoms with Crippen LogP contribution in [-0.4, -0.2) is 18.9 Å². The Hall–Kier alpha value is -1.37. The summed E-state index contributed by atoms with van der Waals surface area (Å²) < 4.78 is 4.26. The highest BCUT2D eigenvalue weighted by molar-refractivity contribution is 5.95.